The molecular formula is C12H15N5O3S. The minimum Gasteiger partial charge on any atom is -0.351 e. The average molecular weight is 309 g/mol. The number of nitrogen functional groups attached to an aromatic ring is 1. The number of pyridine rings is 1. The van der Waals surface area contributed by atoms with Gasteiger partial charge in [0.05, 0.1) is 16.8 Å². The number of hydrogen-bond donors (Lipinski definition) is 4. The first kappa shape index (κ1) is 15.2. The molecule has 2 rings (SSSR count). The summed E-state index contributed by atoms with van der Waals surface area (Å²) in [6, 6.07) is 8.56. The Bertz CT molecular complexity index is 776. The van der Waals surface area contributed by atoms with Crippen molar-refractivity contribution in [3.63, 3.8) is 0 Å². The van der Waals surface area contributed by atoms with Gasteiger partial charge in [-0.1, -0.05) is 18.2 Å². The largest absolute Gasteiger partial charge is 0.351 e. The molecule has 1 aromatic carbocycles. The van der Waals surface area contributed by atoms with Crippen LogP contribution in [0.1, 0.15) is 10.4 Å². The predicted octanol–water partition coefficient (Wildman–Crippen LogP) is -0.461. The number of hydrazine groups is 1. The molecule has 0 radical (unpaired) electrons. The molecule has 0 atom stereocenters. The van der Waals surface area contributed by atoms with E-state index in [0.717, 1.165) is 0 Å². The zero-order chi connectivity index (χ0) is 15.5. The fourth-order valence-corrected chi connectivity index (χ4v) is 2.23. The monoisotopic (exact) mass is 309 g/mol. The molecule has 1 aromatic heterocycles. The second kappa shape index (κ2) is 6.04. The Morgan fingerprint density at radius 3 is 2.67 bits per heavy atom. The third-order valence-corrected chi connectivity index (χ3v) is 3.55. The Balaban J connectivity index is 2.29. The second-order valence-corrected chi connectivity index (χ2v) is 6.07. The molecule has 0 aliphatic heterocycles. The van der Waals surface area contributed by atoms with Crippen LogP contribution >= 0.6 is 0 Å². The highest BCUT2D eigenvalue weighted by Gasteiger charge is 2.13. The molecule has 1 amide bonds. The first-order chi connectivity index (χ1) is 9.90. The van der Waals surface area contributed by atoms with E-state index in [2.05, 4.69) is 15.7 Å². The smallest absolute Gasteiger partial charge is 0.252 e. The topological polar surface area (TPSA) is 140 Å². The minimum atomic E-state index is -3.62. The predicted molar refractivity (Wildman–Crippen MR) is 79.9 cm³/mol. The summed E-state index contributed by atoms with van der Waals surface area (Å²) in [5.41, 5.74) is 3.34. The van der Waals surface area contributed by atoms with Gasteiger partial charge in [0.2, 0.25) is 10.0 Å². The number of carbonyl (C=O) groups is 1. The molecule has 6 N–H and O–H groups in total. The van der Waals surface area contributed by atoms with E-state index in [4.69, 9.17) is 11.0 Å². The molecule has 8 nitrogen and oxygen atoms in total. The first-order valence-electron chi connectivity index (χ1n) is 6.06. The number of benzene rings is 1. The lowest BCUT2D eigenvalue weighted by Gasteiger charge is -2.09. The molecule has 0 bridgehead atoms. The van der Waals surface area contributed by atoms with Crippen LogP contribution in [0, 0.1) is 0 Å². The van der Waals surface area contributed by atoms with Gasteiger partial charge in [0.15, 0.2) is 0 Å². The van der Waals surface area contributed by atoms with Crippen LogP contribution in [-0.2, 0) is 10.0 Å². The van der Waals surface area contributed by atoms with Crippen molar-refractivity contribution in [1.29, 1.82) is 0 Å². The number of primary sulfonamides is 1. The Morgan fingerprint density at radius 1 is 1.29 bits per heavy atom. The van der Waals surface area contributed by atoms with Gasteiger partial charge in [-0.2, -0.15) is 0 Å². The lowest BCUT2D eigenvalue weighted by atomic mass is 10.1. The van der Waals surface area contributed by atoms with Gasteiger partial charge >= 0.3 is 0 Å². The summed E-state index contributed by atoms with van der Waals surface area (Å²) in [6.07, 6.45) is 0. The highest BCUT2D eigenvalue weighted by Crippen LogP contribution is 2.20. The zero-order valence-electron chi connectivity index (χ0n) is 11.0. The fourth-order valence-electron chi connectivity index (χ4n) is 1.84. The summed E-state index contributed by atoms with van der Waals surface area (Å²) < 4.78 is 21.7. The Kier molecular flexibility index (Phi) is 4.36. The number of para-hydroxylation sites is 1. The van der Waals surface area contributed by atoms with E-state index in [9.17, 15) is 13.2 Å². The van der Waals surface area contributed by atoms with Crippen LogP contribution in [0.3, 0.4) is 0 Å². The van der Waals surface area contributed by atoms with Crippen molar-refractivity contribution in [2.45, 2.75) is 0 Å². The van der Waals surface area contributed by atoms with Crippen molar-refractivity contribution in [3.05, 3.63) is 35.9 Å². The number of aromatic nitrogens is 1. The maximum absolute atomic E-state index is 12.2. The van der Waals surface area contributed by atoms with E-state index in [1.165, 1.54) is 6.07 Å². The maximum atomic E-state index is 12.2. The SMILES string of the molecule is NNc1cc(C(=O)NCCS(N)(=O)=O)c2ccccc2n1. The molecule has 0 saturated carbocycles. The van der Waals surface area contributed by atoms with Crippen molar-refractivity contribution in [3.8, 4) is 0 Å². The fraction of sp³-hybridized carbons (Fsp3) is 0.167. The number of anilines is 1. The van der Waals surface area contributed by atoms with Crippen LogP contribution in [0.5, 0.6) is 0 Å². The number of nitrogens with one attached hydrogen (secondary N) is 2. The van der Waals surface area contributed by atoms with Gasteiger partial charge in [0, 0.05) is 11.9 Å². The molecule has 0 saturated heterocycles. The highest BCUT2D eigenvalue weighted by atomic mass is 32.2. The summed E-state index contributed by atoms with van der Waals surface area (Å²) in [5, 5.41) is 8.03. The molecule has 0 aliphatic rings. The molecular weight excluding hydrogens is 294 g/mol. The summed E-state index contributed by atoms with van der Waals surface area (Å²) in [5.74, 6) is 4.91. The third-order valence-electron chi connectivity index (χ3n) is 2.78. The van der Waals surface area contributed by atoms with Crippen molar-refractivity contribution in [2.24, 2.45) is 11.0 Å². The number of nitrogens with two attached hydrogens (primary N) is 2. The van der Waals surface area contributed by atoms with Crippen LogP contribution < -0.4 is 21.7 Å². The van der Waals surface area contributed by atoms with E-state index in [0.29, 0.717) is 22.3 Å². The van der Waals surface area contributed by atoms with Gasteiger partial charge in [-0.15, -0.1) is 0 Å². The lowest BCUT2D eigenvalue weighted by Crippen LogP contribution is -2.31. The lowest BCUT2D eigenvalue weighted by molar-refractivity contribution is 0.0958. The quantitative estimate of drug-likeness (QED) is 0.435. The molecule has 112 valence electrons. The van der Waals surface area contributed by atoms with Crippen LogP contribution in [0.4, 0.5) is 5.82 Å². The van der Waals surface area contributed by atoms with Gasteiger partial charge in [-0.3, -0.25) is 4.79 Å². The molecule has 1 heterocycles. The molecule has 0 unspecified atom stereocenters. The second-order valence-electron chi connectivity index (χ2n) is 4.34. The van der Waals surface area contributed by atoms with Crippen LogP contribution in [0.25, 0.3) is 10.9 Å². The molecule has 0 fully saturated rings. The molecule has 9 heteroatoms. The van der Waals surface area contributed by atoms with Crippen molar-refractivity contribution in [2.75, 3.05) is 17.7 Å². The summed E-state index contributed by atoms with van der Waals surface area (Å²) in [4.78, 5) is 16.4. The molecule has 0 spiro atoms. The molecule has 21 heavy (non-hydrogen) atoms. The van der Waals surface area contributed by atoms with Crippen LogP contribution in [-0.4, -0.2) is 31.6 Å². The standard InChI is InChI=1S/C12H15N5O3S/c13-17-11-7-9(8-3-1-2-4-10(8)16-11)12(18)15-5-6-21(14,19)20/h1-4,7H,5-6,13H2,(H,15,18)(H,16,17)(H2,14,19,20). The minimum absolute atomic E-state index is 0.0697. The van der Waals surface area contributed by atoms with Crippen LogP contribution in [0.15, 0.2) is 30.3 Å². The number of amides is 1. The third kappa shape index (κ3) is 3.88. The molecule has 0 aliphatic carbocycles. The van der Waals surface area contributed by atoms with E-state index in [1.807, 2.05) is 0 Å². The van der Waals surface area contributed by atoms with Gasteiger partial charge in [-0.05, 0) is 12.1 Å². The number of sulfonamides is 1. The number of fused-ring (bicyclic) bond motifs is 1. The van der Waals surface area contributed by atoms with E-state index >= 15 is 0 Å². The Labute approximate surface area is 121 Å². The van der Waals surface area contributed by atoms with E-state index < -0.39 is 15.9 Å². The average Bonchev–Trinajstić information content (AvgIpc) is 2.44. The zero-order valence-corrected chi connectivity index (χ0v) is 11.9. The molecule has 2 aromatic rings. The van der Waals surface area contributed by atoms with Crippen molar-refractivity contribution in [1.82, 2.24) is 10.3 Å². The number of rotatable bonds is 5. The summed E-state index contributed by atoms with van der Waals surface area (Å²) in [6.45, 7) is -0.0697. The number of hydrogen-bond acceptors (Lipinski definition) is 6. The maximum Gasteiger partial charge on any atom is 0.252 e. The van der Waals surface area contributed by atoms with Gasteiger partial charge in [0.1, 0.15) is 5.82 Å². The summed E-state index contributed by atoms with van der Waals surface area (Å²) >= 11 is 0. The van der Waals surface area contributed by atoms with Gasteiger partial charge in [-0.25, -0.2) is 24.4 Å². The first-order valence-corrected chi connectivity index (χ1v) is 7.77. The van der Waals surface area contributed by atoms with Gasteiger partial charge < -0.3 is 10.7 Å². The highest BCUT2D eigenvalue weighted by molar-refractivity contribution is 7.89. The Hall–Kier alpha value is -2.23. The van der Waals surface area contributed by atoms with Crippen LogP contribution in [0.2, 0.25) is 0 Å². The normalized spacial score (nSPS) is 11.3. The van der Waals surface area contributed by atoms with Crippen molar-refractivity contribution >= 4 is 32.7 Å². The van der Waals surface area contributed by atoms with Crippen molar-refractivity contribution < 1.29 is 13.2 Å². The van der Waals surface area contributed by atoms with Gasteiger partial charge in [0.25, 0.3) is 5.91 Å². The Morgan fingerprint density at radius 2 is 2.00 bits per heavy atom. The number of carbonyl (C=O) groups excluding carboxylic acids is 1. The number of nitrogens with zero attached hydrogens (tertiary/aromatic N) is 1. The van der Waals surface area contributed by atoms with E-state index in [1.54, 1.807) is 24.3 Å². The summed E-state index contributed by atoms with van der Waals surface area (Å²) in [7, 11) is -3.62. The van der Waals surface area contributed by atoms with E-state index in [-0.39, 0.29) is 12.3 Å².